The fraction of sp³-hybridized carbons (Fsp3) is 0.438. The van der Waals surface area contributed by atoms with Crippen LogP contribution in [0.2, 0.25) is 0 Å². The lowest BCUT2D eigenvalue weighted by Crippen LogP contribution is -2.22. The normalized spacial score (nSPS) is 12.2. The largest absolute Gasteiger partial charge is 0.493 e. The Balaban J connectivity index is 2.24. The van der Waals surface area contributed by atoms with Gasteiger partial charge in [0, 0.05) is 19.3 Å². The van der Waals surface area contributed by atoms with Gasteiger partial charge in [-0.15, -0.1) is 0 Å². The molecule has 0 saturated carbocycles. The first-order valence-corrected chi connectivity index (χ1v) is 7.10. The van der Waals surface area contributed by atoms with Gasteiger partial charge in [-0.2, -0.15) is 5.10 Å². The van der Waals surface area contributed by atoms with Crippen LogP contribution in [-0.2, 0) is 13.5 Å². The van der Waals surface area contributed by atoms with Crippen molar-refractivity contribution in [2.24, 2.45) is 7.05 Å². The molecule has 1 unspecified atom stereocenters. The first-order valence-electron chi connectivity index (χ1n) is 7.10. The predicted molar refractivity (Wildman–Crippen MR) is 82.9 cm³/mol. The number of aromatic nitrogens is 2. The smallest absolute Gasteiger partial charge is 0.161 e. The van der Waals surface area contributed by atoms with E-state index in [1.165, 1.54) is 11.1 Å². The van der Waals surface area contributed by atoms with Crippen molar-refractivity contribution in [2.45, 2.75) is 19.4 Å². The molecule has 5 nitrogen and oxygen atoms in total. The average molecular weight is 289 g/mol. The van der Waals surface area contributed by atoms with Crippen LogP contribution in [0, 0.1) is 0 Å². The third-order valence-electron chi connectivity index (χ3n) is 3.46. The summed E-state index contributed by atoms with van der Waals surface area (Å²) in [5, 5.41) is 7.74. The Labute approximate surface area is 125 Å². The van der Waals surface area contributed by atoms with Gasteiger partial charge < -0.3 is 14.8 Å². The Morgan fingerprint density at radius 2 is 2.00 bits per heavy atom. The van der Waals surface area contributed by atoms with E-state index in [2.05, 4.69) is 23.4 Å². The van der Waals surface area contributed by atoms with Crippen LogP contribution < -0.4 is 14.8 Å². The summed E-state index contributed by atoms with van der Waals surface area (Å²) in [6.07, 6.45) is 4.84. The van der Waals surface area contributed by atoms with Crippen molar-refractivity contribution in [3.63, 3.8) is 0 Å². The first kappa shape index (κ1) is 15.4. The molecule has 5 heteroatoms. The van der Waals surface area contributed by atoms with Gasteiger partial charge in [-0.05, 0) is 36.2 Å². The molecule has 114 valence electrons. The maximum atomic E-state index is 5.39. The number of benzene rings is 1. The van der Waals surface area contributed by atoms with Crippen LogP contribution >= 0.6 is 0 Å². The van der Waals surface area contributed by atoms with Crippen molar-refractivity contribution in [1.29, 1.82) is 0 Å². The molecule has 2 aromatic rings. The fourth-order valence-corrected chi connectivity index (χ4v) is 2.44. The quantitative estimate of drug-likeness (QED) is 0.850. The second-order valence-electron chi connectivity index (χ2n) is 4.95. The van der Waals surface area contributed by atoms with Crippen LogP contribution in [0.3, 0.4) is 0 Å². The summed E-state index contributed by atoms with van der Waals surface area (Å²) in [7, 11) is 5.24. The number of hydrogen-bond acceptors (Lipinski definition) is 4. The minimum absolute atomic E-state index is 0.221. The van der Waals surface area contributed by atoms with E-state index < -0.39 is 0 Å². The van der Waals surface area contributed by atoms with E-state index in [-0.39, 0.29) is 6.04 Å². The highest BCUT2D eigenvalue weighted by Crippen LogP contribution is 2.31. The number of rotatable bonds is 7. The summed E-state index contributed by atoms with van der Waals surface area (Å²) < 4.78 is 12.5. The maximum absolute atomic E-state index is 5.39. The van der Waals surface area contributed by atoms with E-state index >= 15 is 0 Å². The molecule has 0 amide bonds. The third kappa shape index (κ3) is 3.76. The molecule has 0 saturated heterocycles. The van der Waals surface area contributed by atoms with Gasteiger partial charge in [0.05, 0.1) is 20.4 Å². The monoisotopic (exact) mass is 289 g/mol. The van der Waals surface area contributed by atoms with Crippen molar-refractivity contribution >= 4 is 0 Å². The molecule has 0 aliphatic carbocycles. The Morgan fingerprint density at radius 3 is 2.57 bits per heavy atom. The molecular formula is C16H23N3O2. The van der Waals surface area contributed by atoms with Crippen molar-refractivity contribution in [3.8, 4) is 11.5 Å². The molecule has 0 spiro atoms. The lowest BCUT2D eigenvalue weighted by molar-refractivity contribution is 0.354. The summed E-state index contributed by atoms with van der Waals surface area (Å²) in [6.45, 7) is 3.01. The fourth-order valence-electron chi connectivity index (χ4n) is 2.44. The van der Waals surface area contributed by atoms with Gasteiger partial charge in [0.25, 0.3) is 0 Å². The summed E-state index contributed by atoms with van der Waals surface area (Å²) >= 11 is 0. The number of methoxy groups -OCH3 is 2. The summed E-state index contributed by atoms with van der Waals surface area (Å²) in [5.41, 5.74) is 2.39. The first-order chi connectivity index (χ1) is 10.2. The Bertz CT molecular complexity index is 581. The Morgan fingerprint density at radius 1 is 1.24 bits per heavy atom. The molecule has 0 fully saturated rings. The van der Waals surface area contributed by atoms with Crippen LogP contribution in [-0.4, -0.2) is 30.5 Å². The standard InChI is InChI=1S/C16H23N3O2/c1-5-17-14(8-12-10-18-19(2)11-12)13-6-7-15(20-3)16(9-13)21-4/h6-7,9-11,14,17H,5,8H2,1-4H3. The van der Waals surface area contributed by atoms with Crippen molar-refractivity contribution in [2.75, 3.05) is 20.8 Å². The lowest BCUT2D eigenvalue weighted by atomic mass is 10.00. The van der Waals surface area contributed by atoms with E-state index in [1.807, 2.05) is 36.3 Å². The van der Waals surface area contributed by atoms with Crippen molar-refractivity contribution in [1.82, 2.24) is 15.1 Å². The molecule has 1 aromatic carbocycles. The molecule has 2 rings (SSSR count). The number of nitrogens with one attached hydrogen (secondary N) is 1. The van der Waals surface area contributed by atoms with E-state index in [0.717, 1.165) is 24.5 Å². The van der Waals surface area contributed by atoms with E-state index in [0.29, 0.717) is 0 Å². The predicted octanol–water partition coefficient (Wildman–Crippen LogP) is 2.33. The maximum Gasteiger partial charge on any atom is 0.161 e. The SMILES string of the molecule is CCNC(Cc1cnn(C)c1)c1ccc(OC)c(OC)c1. The molecule has 1 aromatic heterocycles. The van der Waals surface area contributed by atoms with Crippen LogP contribution in [0.5, 0.6) is 11.5 Å². The number of aryl methyl sites for hydroxylation is 1. The van der Waals surface area contributed by atoms with E-state index in [9.17, 15) is 0 Å². The van der Waals surface area contributed by atoms with E-state index in [1.54, 1.807) is 14.2 Å². The van der Waals surface area contributed by atoms with Crippen LogP contribution in [0.15, 0.2) is 30.6 Å². The minimum Gasteiger partial charge on any atom is -0.493 e. The molecule has 0 aliphatic heterocycles. The van der Waals surface area contributed by atoms with Gasteiger partial charge in [-0.25, -0.2) is 0 Å². The number of nitrogens with zero attached hydrogens (tertiary/aromatic N) is 2. The Kier molecular flexibility index (Phi) is 5.22. The van der Waals surface area contributed by atoms with E-state index in [4.69, 9.17) is 9.47 Å². The molecule has 1 heterocycles. The zero-order valence-electron chi connectivity index (χ0n) is 13.1. The van der Waals surface area contributed by atoms with Crippen LogP contribution in [0.4, 0.5) is 0 Å². The molecule has 0 radical (unpaired) electrons. The molecule has 21 heavy (non-hydrogen) atoms. The molecule has 0 aliphatic rings. The average Bonchev–Trinajstić information content (AvgIpc) is 2.91. The lowest BCUT2D eigenvalue weighted by Gasteiger charge is -2.19. The van der Waals surface area contributed by atoms with Gasteiger partial charge in [-0.1, -0.05) is 13.0 Å². The second-order valence-corrected chi connectivity index (χ2v) is 4.95. The van der Waals surface area contributed by atoms with Crippen molar-refractivity contribution < 1.29 is 9.47 Å². The minimum atomic E-state index is 0.221. The van der Waals surface area contributed by atoms with Gasteiger partial charge in [0.1, 0.15) is 0 Å². The van der Waals surface area contributed by atoms with Crippen LogP contribution in [0.25, 0.3) is 0 Å². The van der Waals surface area contributed by atoms with Gasteiger partial charge >= 0.3 is 0 Å². The Hall–Kier alpha value is -2.01. The molecular weight excluding hydrogens is 266 g/mol. The highest BCUT2D eigenvalue weighted by molar-refractivity contribution is 5.44. The number of likely N-dealkylation sites (N-methyl/N-ethyl adjacent to an activating group) is 1. The van der Waals surface area contributed by atoms with Gasteiger partial charge in [-0.3, -0.25) is 4.68 Å². The third-order valence-corrected chi connectivity index (χ3v) is 3.46. The topological polar surface area (TPSA) is 48.3 Å². The number of ether oxygens (including phenoxy) is 2. The van der Waals surface area contributed by atoms with Crippen molar-refractivity contribution in [3.05, 3.63) is 41.7 Å². The zero-order chi connectivity index (χ0) is 15.2. The molecule has 0 bridgehead atoms. The number of hydrogen-bond donors (Lipinski definition) is 1. The molecule has 1 atom stereocenters. The van der Waals surface area contributed by atoms with Gasteiger partial charge in [0.2, 0.25) is 0 Å². The van der Waals surface area contributed by atoms with Gasteiger partial charge in [0.15, 0.2) is 11.5 Å². The van der Waals surface area contributed by atoms with Crippen LogP contribution in [0.1, 0.15) is 24.1 Å². The molecule has 1 N–H and O–H groups in total. The summed E-state index contributed by atoms with van der Waals surface area (Å²) in [5.74, 6) is 1.50. The highest BCUT2D eigenvalue weighted by Gasteiger charge is 2.15. The summed E-state index contributed by atoms with van der Waals surface area (Å²) in [6, 6.07) is 6.27. The zero-order valence-corrected chi connectivity index (χ0v) is 13.1. The second kappa shape index (κ2) is 7.13. The highest BCUT2D eigenvalue weighted by atomic mass is 16.5. The summed E-state index contributed by atoms with van der Waals surface area (Å²) in [4.78, 5) is 0.